The van der Waals surface area contributed by atoms with Crippen molar-refractivity contribution in [1.82, 2.24) is 5.32 Å². The zero-order valence-corrected chi connectivity index (χ0v) is 22.6. The normalized spacial score (nSPS) is 14.1. The second kappa shape index (κ2) is 11.2. The van der Waals surface area contributed by atoms with Gasteiger partial charge in [0.15, 0.2) is 0 Å². The van der Waals surface area contributed by atoms with E-state index < -0.39 is 11.9 Å². The van der Waals surface area contributed by atoms with E-state index in [-0.39, 0.29) is 16.7 Å². The lowest BCUT2D eigenvalue weighted by molar-refractivity contribution is 0.415. The van der Waals surface area contributed by atoms with E-state index in [9.17, 15) is 9.18 Å². The molecular weight excluding hydrogens is 531 g/mol. The summed E-state index contributed by atoms with van der Waals surface area (Å²) < 4.78 is 25.8. The third-order valence-electron chi connectivity index (χ3n) is 6.56. The molecule has 1 aliphatic heterocycles. The molecule has 0 spiro atoms. The maximum absolute atomic E-state index is 14.2. The maximum Gasteiger partial charge on any atom is 0.200 e. The molecule has 1 unspecified atom stereocenters. The fraction of sp³-hybridized carbons (Fsp3) is 0.129. The Morgan fingerprint density at radius 1 is 1.18 bits per heavy atom. The summed E-state index contributed by atoms with van der Waals surface area (Å²) in [6.07, 6.45) is 3.91. The van der Waals surface area contributed by atoms with E-state index in [1.165, 1.54) is 19.2 Å². The molecule has 1 atom stereocenters. The minimum Gasteiger partial charge on any atom is -0.495 e. The molecule has 2 heterocycles. The fourth-order valence-corrected chi connectivity index (χ4v) is 4.81. The van der Waals surface area contributed by atoms with Gasteiger partial charge in [-0.05, 0) is 48.9 Å². The zero-order valence-electron chi connectivity index (χ0n) is 21.8. The third kappa shape index (κ3) is 5.13. The van der Waals surface area contributed by atoms with Gasteiger partial charge in [0.25, 0.3) is 0 Å². The number of rotatable bonds is 7. The second-order valence-electron chi connectivity index (χ2n) is 9.20. The number of nitrogens with one attached hydrogen (secondary N) is 2. The highest BCUT2D eigenvalue weighted by molar-refractivity contribution is 6.32. The summed E-state index contributed by atoms with van der Waals surface area (Å²) in [7, 11) is 1.50. The molecule has 4 aromatic rings. The number of aliphatic imine (C=N–C) groups is 1. The lowest BCUT2D eigenvalue weighted by atomic mass is 9.97. The average molecular weight is 557 g/mol. The van der Waals surface area contributed by atoms with Crippen molar-refractivity contribution in [1.29, 1.82) is 5.41 Å². The second-order valence-corrected chi connectivity index (χ2v) is 9.60. The Labute approximate surface area is 235 Å². The van der Waals surface area contributed by atoms with Crippen molar-refractivity contribution in [3.63, 3.8) is 0 Å². The number of nitrogens with zero attached hydrogens (tertiary/aromatic N) is 1. The van der Waals surface area contributed by atoms with Gasteiger partial charge >= 0.3 is 0 Å². The summed E-state index contributed by atoms with van der Waals surface area (Å²) in [5.74, 6) is 0.561. The Balaban J connectivity index is 1.65. The third-order valence-corrected chi connectivity index (χ3v) is 6.88. The van der Waals surface area contributed by atoms with Gasteiger partial charge in [0.1, 0.15) is 28.7 Å². The van der Waals surface area contributed by atoms with Gasteiger partial charge in [0.2, 0.25) is 5.43 Å². The van der Waals surface area contributed by atoms with Crippen molar-refractivity contribution >= 4 is 34.5 Å². The Morgan fingerprint density at radius 3 is 2.75 bits per heavy atom. The molecule has 0 saturated heterocycles. The van der Waals surface area contributed by atoms with E-state index in [4.69, 9.17) is 31.9 Å². The number of hydrogen-bond donors (Lipinski definition) is 3. The van der Waals surface area contributed by atoms with Crippen molar-refractivity contribution in [2.24, 2.45) is 10.7 Å². The van der Waals surface area contributed by atoms with E-state index in [0.717, 1.165) is 0 Å². The quantitative estimate of drug-likeness (QED) is 0.225. The first-order valence-electron chi connectivity index (χ1n) is 12.5. The van der Waals surface area contributed by atoms with Crippen LogP contribution in [0.3, 0.4) is 0 Å². The van der Waals surface area contributed by atoms with Crippen LogP contribution in [0, 0.1) is 11.2 Å². The molecule has 1 aromatic heterocycles. The molecule has 40 heavy (non-hydrogen) atoms. The SMILES string of the molecule is COc1cc(C(=N)C2=C(NC(C)c3oc4ccccc4c(=O)c3-c3cccc(F)c3)N=CCC=C2N)ccc1Cl. The summed E-state index contributed by atoms with van der Waals surface area (Å²) in [5, 5.41) is 13.1. The van der Waals surface area contributed by atoms with Crippen molar-refractivity contribution in [3.05, 3.63) is 122 Å². The molecule has 0 fully saturated rings. The van der Waals surface area contributed by atoms with E-state index >= 15 is 0 Å². The molecule has 3 aromatic carbocycles. The van der Waals surface area contributed by atoms with Crippen molar-refractivity contribution in [2.45, 2.75) is 19.4 Å². The lowest BCUT2D eigenvalue weighted by Gasteiger charge is -2.21. The van der Waals surface area contributed by atoms with Gasteiger partial charge in [-0.3, -0.25) is 10.2 Å². The predicted octanol–water partition coefficient (Wildman–Crippen LogP) is 6.51. The Morgan fingerprint density at radius 2 is 1.98 bits per heavy atom. The van der Waals surface area contributed by atoms with Crippen LogP contribution in [0.25, 0.3) is 22.1 Å². The number of para-hydroxylation sites is 1. The monoisotopic (exact) mass is 556 g/mol. The van der Waals surface area contributed by atoms with E-state index in [0.29, 0.717) is 62.1 Å². The van der Waals surface area contributed by atoms with Gasteiger partial charge in [-0.25, -0.2) is 9.38 Å². The molecule has 0 bridgehead atoms. The van der Waals surface area contributed by atoms with E-state index in [2.05, 4.69) is 10.3 Å². The maximum atomic E-state index is 14.2. The standard InChI is InChI=1S/C31H26ClFN4O3/c1-17(30-26(18-7-5-8-20(33)15-18)29(38)21-9-3-4-11-24(21)40-30)37-31-27(23(34)10-6-14-36-31)28(35)19-12-13-22(32)25(16-19)39-2/h3-5,7-17,35,37H,6,34H2,1-2H3. The first-order valence-corrected chi connectivity index (χ1v) is 12.9. The van der Waals surface area contributed by atoms with Gasteiger partial charge in [0, 0.05) is 23.9 Å². The van der Waals surface area contributed by atoms with Crippen LogP contribution >= 0.6 is 11.6 Å². The highest BCUT2D eigenvalue weighted by Crippen LogP contribution is 2.32. The highest BCUT2D eigenvalue weighted by Gasteiger charge is 2.25. The molecule has 9 heteroatoms. The lowest BCUT2D eigenvalue weighted by Crippen LogP contribution is -2.25. The van der Waals surface area contributed by atoms with Crippen LogP contribution in [0.2, 0.25) is 5.02 Å². The molecule has 0 saturated carbocycles. The molecular formula is C31H26ClFN4O3. The number of fused-ring (bicyclic) bond motifs is 1. The smallest absolute Gasteiger partial charge is 0.200 e. The fourth-order valence-electron chi connectivity index (χ4n) is 4.61. The topological polar surface area (TPSA) is 114 Å². The first kappa shape index (κ1) is 26.9. The van der Waals surface area contributed by atoms with Crippen molar-refractivity contribution in [3.8, 4) is 16.9 Å². The van der Waals surface area contributed by atoms with Gasteiger partial charge in [-0.1, -0.05) is 48.0 Å². The summed E-state index contributed by atoms with van der Waals surface area (Å²) in [5.41, 5.74) is 8.51. The van der Waals surface area contributed by atoms with Crippen LogP contribution in [0.5, 0.6) is 5.75 Å². The van der Waals surface area contributed by atoms with Crippen LogP contribution in [0.15, 0.2) is 104 Å². The zero-order chi connectivity index (χ0) is 28.4. The molecule has 1 aliphatic rings. The van der Waals surface area contributed by atoms with Gasteiger partial charge in [0.05, 0.1) is 40.4 Å². The van der Waals surface area contributed by atoms with Crippen LogP contribution < -0.4 is 21.2 Å². The highest BCUT2D eigenvalue weighted by atomic mass is 35.5. The van der Waals surface area contributed by atoms with Crippen molar-refractivity contribution in [2.75, 3.05) is 7.11 Å². The molecule has 7 nitrogen and oxygen atoms in total. The van der Waals surface area contributed by atoms with Gasteiger partial charge in [-0.2, -0.15) is 0 Å². The number of nitrogens with two attached hydrogens (primary N) is 1. The van der Waals surface area contributed by atoms with Gasteiger partial charge < -0.3 is 20.2 Å². The van der Waals surface area contributed by atoms with Gasteiger partial charge in [-0.15, -0.1) is 0 Å². The molecule has 4 N–H and O–H groups in total. The Kier molecular flexibility index (Phi) is 7.53. The Bertz CT molecular complexity index is 1790. The summed E-state index contributed by atoms with van der Waals surface area (Å²) in [6, 6.07) is 17.1. The van der Waals surface area contributed by atoms with E-state index in [1.807, 2.05) is 0 Å². The summed E-state index contributed by atoms with van der Waals surface area (Å²) in [4.78, 5) is 18.2. The minimum absolute atomic E-state index is 0.0998. The van der Waals surface area contributed by atoms with Crippen molar-refractivity contribution < 1.29 is 13.5 Å². The summed E-state index contributed by atoms with van der Waals surface area (Å²) >= 11 is 6.20. The Hall–Kier alpha value is -4.69. The summed E-state index contributed by atoms with van der Waals surface area (Å²) in [6.45, 7) is 1.80. The average Bonchev–Trinajstić information content (AvgIpc) is 3.13. The number of hydrogen-bond acceptors (Lipinski definition) is 7. The minimum atomic E-state index is -0.629. The number of halogens is 2. The van der Waals surface area contributed by atoms with Crippen LogP contribution in [-0.4, -0.2) is 19.0 Å². The molecule has 0 radical (unpaired) electrons. The van der Waals surface area contributed by atoms with E-state index in [1.54, 1.807) is 73.8 Å². The van der Waals surface area contributed by atoms with Crippen LogP contribution in [0.4, 0.5) is 4.39 Å². The molecule has 0 amide bonds. The van der Waals surface area contributed by atoms with Crippen LogP contribution in [0.1, 0.15) is 30.7 Å². The molecule has 202 valence electrons. The number of allylic oxidation sites excluding steroid dienone is 2. The predicted molar refractivity (Wildman–Crippen MR) is 157 cm³/mol. The number of methoxy groups -OCH3 is 1. The molecule has 0 aliphatic carbocycles. The number of benzene rings is 3. The largest absolute Gasteiger partial charge is 0.495 e. The molecule has 5 rings (SSSR count). The number of ether oxygens (including phenoxy) is 1. The van der Waals surface area contributed by atoms with Crippen LogP contribution in [-0.2, 0) is 0 Å². The first-order chi connectivity index (χ1) is 19.3.